The van der Waals surface area contributed by atoms with E-state index in [4.69, 9.17) is 9.15 Å². The average Bonchev–Trinajstić information content (AvgIpc) is 3.42. The second kappa shape index (κ2) is 8.73. The zero-order valence-corrected chi connectivity index (χ0v) is 17.4. The molecule has 0 radical (unpaired) electrons. The molecule has 3 heterocycles. The third-order valence-corrected chi connectivity index (χ3v) is 6.08. The summed E-state index contributed by atoms with van der Waals surface area (Å²) in [6.45, 7) is 3.91. The molecule has 29 heavy (non-hydrogen) atoms. The number of amides is 1. The predicted molar refractivity (Wildman–Crippen MR) is 111 cm³/mol. The number of carbonyl (C=O) groups excluding carboxylic acids is 1. The van der Waals surface area contributed by atoms with Gasteiger partial charge in [-0.1, -0.05) is 18.7 Å². The first-order valence-corrected chi connectivity index (χ1v) is 10.7. The number of hydrogen-bond donors (Lipinski definition) is 0. The van der Waals surface area contributed by atoms with Crippen LogP contribution < -0.4 is 4.74 Å². The molecule has 1 aliphatic rings. The number of nitrogens with zero attached hydrogens (tertiary/aromatic N) is 4. The molecular formula is C21H24N4O3S. The van der Waals surface area contributed by atoms with Gasteiger partial charge in [0.1, 0.15) is 5.75 Å². The quantitative estimate of drug-likeness (QED) is 0.572. The molecule has 1 fully saturated rings. The maximum Gasteiger partial charge on any atom is 0.233 e. The van der Waals surface area contributed by atoms with Crippen LogP contribution >= 0.6 is 11.8 Å². The Hall–Kier alpha value is -2.74. The van der Waals surface area contributed by atoms with Crippen LogP contribution in [0.4, 0.5) is 0 Å². The van der Waals surface area contributed by atoms with Crippen LogP contribution in [0.2, 0.25) is 0 Å². The van der Waals surface area contributed by atoms with Crippen LogP contribution in [0.25, 0.3) is 17.3 Å². The SMILES string of the molecule is COc1ccc(-n2c(SCC(=O)N3CCC(C)CC3)nnc2-c2ccco2)cc1. The van der Waals surface area contributed by atoms with Crippen molar-refractivity contribution < 1.29 is 13.9 Å². The number of furan rings is 1. The summed E-state index contributed by atoms with van der Waals surface area (Å²) < 4.78 is 12.7. The molecule has 0 saturated carbocycles. The minimum absolute atomic E-state index is 0.144. The second-order valence-electron chi connectivity index (χ2n) is 7.17. The molecule has 1 aromatic carbocycles. The zero-order valence-electron chi connectivity index (χ0n) is 16.6. The number of likely N-dealkylation sites (tertiary alicyclic amines) is 1. The number of benzene rings is 1. The Labute approximate surface area is 174 Å². The largest absolute Gasteiger partial charge is 0.497 e. The number of carbonyl (C=O) groups is 1. The van der Waals surface area contributed by atoms with E-state index in [-0.39, 0.29) is 5.91 Å². The number of piperidine rings is 1. The van der Waals surface area contributed by atoms with Gasteiger partial charge in [-0.2, -0.15) is 0 Å². The smallest absolute Gasteiger partial charge is 0.233 e. The van der Waals surface area contributed by atoms with Crippen molar-refractivity contribution in [2.45, 2.75) is 24.9 Å². The van der Waals surface area contributed by atoms with Crippen LogP contribution in [-0.4, -0.2) is 51.5 Å². The van der Waals surface area contributed by atoms with Crippen LogP contribution in [0.5, 0.6) is 5.75 Å². The highest BCUT2D eigenvalue weighted by molar-refractivity contribution is 7.99. The Morgan fingerprint density at radius 2 is 1.97 bits per heavy atom. The number of hydrogen-bond acceptors (Lipinski definition) is 6. The first kappa shape index (κ1) is 19.6. The van der Waals surface area contributed by atoms with Gasteiger partial charge in [0.2, 0.25) is 11.7 Å². The minimum atomic E-state index is 0.144. The molecule has 0 spiro atoms. The summed E-state index contributed by atoms with van der Waals surface area (Å²) in [5, 5.41) is 9.31. The maximum atomic E-state index is 12.7. The number of thioether (sulfide) groups is 1. The third-order valence-electron chi connectivity index (χ3n) is 5.17. The van der Waals surface area contributed by atoms with Crippen molar-refractivity contribution in [2.24, 2.45) is 5.92 Å². The number of rotatable bonds is 6. The highest BCUT2D eigenvalue weighted by Crippen LogP contribution is 2.29. The van der Waals surface area contributed by atoms with Gasteiger partial charge in [-0.05, 0) is 55.2 Å². The molecule has 3 aromatic rings. The normalized spacial score (nSPS) is 14.9. The molecule has 7 nitrogen and oxygen atoms in total. The summed E-state index contributed by atoms with van der Waals surface area (Å²) in [6.07, 6.45) is 3.75. The van der Waals surface area contributed by atoms with E-state index in [1.807, 2.05) is 45.9 Å². The summed E-state index contributed by atoms with van der Waals surface area (Å²) in [5.74, 6) is 3.16. The van der Waals surface area contributed by atoms with Crippen molar-refractivity contribution >= 4 is 17.7 Å². The molecule has 2 aromatic heterocycles. The predicted octanol–water partition coefficient (Wildman–Crippen LogP) is 3.89. The van der Waals surface area contributed by atoms with E-state index < -0.39 is 0 Å². The van der Waals surface area contributed by atoms with Gasteiger partial charge >= 0.3 is 0 Å². The van der Waals surface area contributed by atoms with Crippen molar-refractivity contribution in [3.63, 3.8) is 0 Å². The van der Waals surface area contributed by atoms with Crippen LogP contribution in [0.1, 0.15) is 19.8 Å². The van der Waals surface area contributed by atoms with Crippen molar-refractivity contribution in [1.82, 2.24) is 19.7 Å². The second-order valence-corrected chi connectivity index (χ2v) is 8.11. The lowest BCUT2D eigenvalue weighted by Crippen LogP contribution is -2.38. The average molecular weight is 413 g/mol. The van der Waals surface area contributed by atoms with Crippen LogP contribution in [0.3, 0.4) is 0 Å². The van der Waals surface area contributed by atoms with E-state index >= 15 is 0 Å². The molecule has 0 unspecified atom stereocenters. The molecule has 152 valence electrons. The lowest BCUT2D eigenvalue weighted by molar-refractivity contribution is -0.129. The summed E-state index contributed by atoms with van der Waals surface area (Å²) in [6, 6.07) is 11.3. The van der Waals surface area contributed by atoms with Gasteiger partial charge in [0, 0.05) is 13.1 Å². The number of ether oxygens (including phenoxy) is 1. The molecule has 0 N–H and O–H groups in total. The monoisotopic (exact) mass is 412 g/mol. The Morgan fingerprint density at radius 3 is 2.62 bits per heavy atom. The van der Waals surface area contributed by atoms with Gasteiger partial charge in [-0.3, -0.25) is 9.36 Å². The number of aromatic nitrogens is 3. The van der Waals surface area contributed by atoms with Crippen molar-refractivity contribution in [3.8, 4) is 23.0 Å². The first-order valence-electron chi connectivity index (χ1n) is 9.70. The van der Waals surface area contributed by atoms with Gasteiger partial charge in [-0.25, -0.2) is 0 Å². The summed E-state index contributed by atoms with van der Waals surface area (Å²) in [5.41, 5.74) is 0.879. The van der Waals surface area contributed by atoms with Crippen molar-refractivity contribution in [2.75, 3.05) is 26.0 Å². The van der Waals surface area contributed by atoms with Gasteiger partial charge < -0.3 is 14.1 Å². The molecule has 4 rings (SSSR count). The fourth-order valence-corrected chi connectivity index (χ4v) is 4.22. The lowest BCUT2D eigenvalue weighted by Gasteiger charge is -2.30. The van der Waals surface area contributed by atoms with Gasteiger partial charge in [0.05, 0.1) is 24.8 Å². The summed E-state index contributed by atoms with van der Waals surface area (Å²) in [7, 11) is 1.64. The van der Waals surface area contributed by atoms with Gasteiger partial charge in [0.25, 0.3) is 0 Å². The zero-order chi connectivity index (χ0) is 20.2. The van der Waals surface area contributed by atoms with E-state index in [9.17, 15) is 4.79 Å². The standard InChI is InChI=1S/C21H24N4O3S/c1-15-9-11-24(12-10-15)19(26)14-29-21-23-22-20(18-4-3-13-28-18)25(21)16-5-7-17(27-2)8-6-16/h3-8,13,15H,9-12,14H2,1-2H3. The van der Waals surface area contributed by atoms with Crippen LogP contribution in [0, 0.1) is 5.92 Å². The van der Waals surface area contributed by atoms with Crippen LogP contribution in [-0.2, 0) is 4.79 Å². The van der Waals surface area contributed by atoms with E-state index in [0.717, 1.165) is 37.4 Å². The van der Waals surface area contributed by atoms with Crippen molar-refractivity contribution in [1.29, 1.82) is 0 Å². The molecule has 1 amide bonds. The Bertz CT molecular complexity index is 945. The van der Waals surface area contributed by atoms with Gasteiger partial charge in [0.15, 0.2) is 10.9 Å². The van der Waals surface area contributed by atoms with E-state index in [1.54, 1.807) is 13.4 Å². The Kier molecular flexibility index (Phi) is 5.89. The topological polar surface area (TPSA) is 73.4 Å². The molecule has 1 aliphatic heterocycles. The summed E-state index contributed by atoms with van der Waals surface area (Å²) >= 11 is 1.40. The molecule has 0 bridgehead atoms. The maximum absolute atomic E-state index is 12.7. The van der Waals surface area contributed by atoms with Gasteiger partial charge in [-0.15, -0.1) is 10.2 Å². The van der Waals surface area contributed by atoms with E-state index in [0.29, 0.717) is 28.4 Å². The molecular weight excluding hydrogens is 388 g/mol. The fraction of sp³-hybridized carbons (Fsp3) is 0.381. The summed E-state index contributed by atoms with van der Waals surface area (Å²) in [4.78, 5) is 14.6. The minimum Gasteiger partial charge on any atom is -0.497 e. The Balaban J connectivity index is 1.57. The third kappa shape index (κ3) is 4.32. The fourth-order valence-electron chi connectivity index (χ4n) is 3.37. The number of methoxy groups -OCH3 is 1. The van der Waals surface area contributed by atoms with E-state index in [2.05, 4.69) is 17.1 Å². The Morgan fingerprint density at radius 1 is 1.21 bits per heavy atom. The molecule has 1 saturated heterocycles. The molecule has 0 aliphatic carbocycles. The highest BCUT2D eigenvalue weighted by atomic mass is 32.2. The molecule has 0 atom stereocenters. The first-order chi connectivity index (χ1) is 14.2. The molecule has 8 heteroatoms. The highest BCUT2D eigenvalue weighted by Gasteiger charge is 2.23. The van der Waals surface area contributed by atoms with Crippen LogP contribution in [0.15, 0.2) is 52.2 Å². The van der Waals surface area contributed by atoms with E-state index in [1.165, 1.54) is 11.8 Å². The van der Waals surface area contributed by atoms with Crippen molar-refractivity contribution in [3.05, 3.63) is 42.7 Å². The lowest BCUT2D eigenvalue weighted by atomic mass is 9.99.